The fourth-order valence-corrected chi connectivity index (χ4v) is 2.00. The molecule has 2 heterocycles. The molecular weight excluding hydrogens is 196 g/mol. The topological polar surface area (TPSA) is 48.1 Å². The second-order valence-electron chi connectivity index (χ2n) is 2.79. The molecule has 3 nitrogen and oxygen atoms in total. The lowest BCUT2D eigenvalue weighted by Crippen LogP contribution is -1.88. The van der Waals surface area contributed by atoms with Crippen molar-refractivity contribution in [1.82, 2.24) is 4.98 Å². The second-order valence-corrected chi connectivity index (χ2v) is 3.84. The van der Waals surface area contributed by atoms with E-state index in [9.17, 15) is 0 Å². The van der Waals surface area contributed by atoms with E-state index in [0.717, 1.165) is 15.5 Å². The number of anilines is 1. The minimum atomic E-state index is 0.537. The molecule has 0 bridgehead atoms. The van der Waals surface area contributed by atoms with E-state index >= 15 is 0 Å². The van der Waals surface area contributed by atoms with Crippen molar-refractivity contribution in [3.63, 3.8) is 0 Å². The number of hydrogen-bond acceptors (Lipinski definition) is 4. The van der Waals surface area contributed by atoms with Crippen LogP contribution in [0.3, 0.4) is 0 Å². The van der Waals surface area contributed by atoms with Crippen molar-refractivity contribution < 1.29 is 4.74 Å². The lowest BCUT2D eigenvalue weighted by Gasteiger charge is -1.97. The summed E-state index contributed by atoms with van der Waals surface area (Å²) in [5.74, 6) is 0.537. The Kier molecular flexibility index (Phi) is 2.37. The number of methoxy groups -OCH3 is 1. The molecular formula is C10H10N2OS. The van der Waals surface area contributed by atoms with Gasteiger partial charge in [0, 0.05) is 11.1 Å². The molecule has 0 amide bonds. The van der Waals surface area contributed by atoms with E-state index in [2.05, 4.69) is 4.98 Å². The quantitative estimate of drug-likeness (QED) is 0.820. The highest BCUT2D eigenvalue weighted by atomic mass is 32.1. The third-order valence-electron chi connectivity index (χ3n) is 1.85. The van der Waals surface area contributed by atoms with Gasteiger partial charge < -0.3 is 10.5 Å². The molecule has 0 fully saturated rings. The molecule has 2 rings (SSSR count). The smallest absolute Gasteiger partial charge is 0.173 e. The van der Waals surface area contributed by atoms with Gasteiger partial charge in [-0.2, -0.15) is 0 Å². The Morgan fingerprint density at radius 3 is 2.86 bits per heavy atom. The number of nitrogens with zero attached hydrogens (tertiary/aromatic N) is 1. The predicted molar refractivity (Wildman–Crippen MR) is 58.5 cm³/mol. The molecule has 0 aromatic carbocycles. The van der Waals surface area contributed by atoms with Crippen LogP contribution < -0.4 is 10.5 Å². The van der Waals surface area contributed by atoms with Gasteiger partial charge in [0.05, 0.1) is 7.11 Å². The summed E-state index contributed by atoms with van der Waals surface area (Å²) in [6.07, 6.45) is 1.71. The first kappa shape index (κ1) is 9.02. The number of hydrogen-bond donors (Lipinski definition) is 1. The number of rotatable bonds is 2. The van der Waals surface area contributed by atoms with Crippen molar-refractivity contribution in [3.05, 3.63) is 30.5 Å². The maximum absolute atomic E-state index is 5.60. The Labute approximate surface area is 86.2 Å². The Bertz CT molecular complexity index is 439. The molecule has 14 heavy (non-hydrogen) atoms. The third-order valence-corrected chi connectivity index (χ3v) is 2.94. The van der Waals surface area contributed by atoms with Gasteiger partial charge >= 0.3 is 0 Å². The SMILES string of the molecule is COc1ccc(-c2ccnc(N)c2)s1. The summed E-state index contributed by atoms with van der Waals surface area (Å²) >= 11 is 1.59. The van der Waals surface area contributed by atoms with Gasteiger partial charge in [0.25, 0.3) is 0 Å². The molecule has 0 radical (unpaired) electrons. The summed E-state index contributed by atoms with van der Waals surface area (Å²) in [7, 11) is 1.66. The second kappa shape index (κ2) is 3.67. The summed E-state index contributed by atoms with van der Waals surface area (Å²) in [6, 6.07) is 7.74. The van der Waals surface area contributed by atoms with Crippen LogP contribution in [0.1, 0.15) is 0 Å². The van der Waals surface area contributed by atoms with Gasteiger partial charge in [0.1, 0.15) is 5.82 Å². The summed E-state index contributed by atoms with van der Waals surface area (Å²) in [5, 5.41) is 0.899. The van der Waals surface area contributed by atoms with Crippen LogP contribution in [0, 0.1) is 0 Å². The minimum Gasteiger partial charge on any atom is -0.487 e. The molecule has 0 saturated carbocycles. The zero-order chi connectivity index (χ0) is 9.97. The maximum atomic E-state index is 5.60. The average Bonchev–Trinajstić information content (AvgIpc) is 2.66. The number of ether oxygens (including phenoxy) is 1. The Balaban J connectivity index is 2.39. The molecule has 4 heteroatoms. The van der Waals surface area contributed by atoms with Crippen molar-refractivity contribution in [2.45, 2.75) is 0 Å². The molecule has 2 N–H and O–H groups in total. The number of thiophene rings is 1. The Morgan fingerprint density at radius 2 is 2.21 bits per heavy atom. The first-order valence-electron chi connectivity index (χ1n) is 4.15. The van der Waals surface area contributed by atoms with E-state index in [4.69, 9.17) is 10.5 Å². The Morgan fingerprint density at radius 1 is 1.36 bits per heavy atom. The van der Waals surface area contributed by atoms with Gasteiger partial charge in [-0.15, -0.1) is 0 Å². The number of nitrogens with two attached hydrogens (primary N) is 1. The molecule has 0 unspecified atom stereocenters. The molecule has 0 aliphatic heterocycles. The average molecular weight is 206 g/mol. The normalized spacial score (nSPS) is 10.1. The molecule has 0 aliphatic carbocycles. The predicted octanol–water partition coefficient (Wildman–Crippen LogP) is 2.40. The molecule has 0 saturated heterocycles. The van der Waals surface area contributed by atoms with Crippen molar-refractivity contribution in [2.24, 2.45) is 0 Å². The van der Waals surface area contributed by atoms with E-state index in [1.165, 1.54) is 0 Å². The van der Waals surface area contributed by atoms with Crippen LogP contribution in [0.15, 0.2) is 30.5 Å². The first-order valence-corrected chi connectivity index (χ1v) is 4.97. The summed E-state index contributed by atoms with van der Waals surface area (Å²) in [6.45, 7) is 0. The van der Waals surface area contributed by atoms with Gasteiger partial charge in [-0.1, -0.05) is 11.3 Å². The molecule has 0 aliphatic rings. The minimum absolute atomic E-state index is 0.537. The number of nitrogen functional groups attached to an aromatic ring is 1. The molecule has 0 atom stereocenters. The highest BCUT2D eigenvalue weighted by Crippen LogP contribution is 2.32. The largest absolute Gasteiger partial charge is 0.487 e. The highest BCUT2D eigenvalue weighted by Gasteiger charge is 2.02. The maximum Gasteiger partial charge on any atom is 0.173 e. The van der Waals surface area contributed by atoms with Crippen LogP contribution in [0.2, 0.25) is 0 Å². The lowest BCUT2D eigenvalue weighted by atomic mass is 10.2. The summed E-state index contributed by atoms with van der Waals surface area (Å²) in [5.41, 5.74) is 6.67. The van der Waals surface area contributed by atoms with Crippen LogP contribution in [-0.2, 0) is 0 Å². The zero-order valence-electron chi connectivity index (χ0n) is 7.73. The van der Waals surface area contributed by atoms with Gasteiger partial charge in [-0.25, -0.2) is 4.98 Å². The Hall–Kier alpha value is -1.55. The van der Waals surface area contributed by atoms with E-state index in [1.807, 2.05) is 24.3 Å². The fraction of sp³-hybridized carbons (Fsp3) is 0.100. The van der Waals surface area contributed by atoms with E-state index < -0.39 is 0 Å². The first-order chi connectivity index (χ1) is 6.79. The highest BCUT2D eigenvalue weighted by molar-refractivity contribution is 7.17. The number of pyridine rings is 1. The number of aromatic nitrogens is 1. The summed E-state index contributed by atoms with van der Waals surface area (Å²) < 4.78 is 5.12. The van der Waals surface area contributed by atoms with Crippen molar-refractivity contribution >= 4 is 17.2 Å². The summed E-state index contributed by atoms with van der Waals surface area (Å²) in [4.78, 5) is 5.08. The van der Waals surface area contributed by atoms with Gasteiger partial charge in [-0.3, -0.25) is 0 Å². The third kappa shape index (κ3) is 1.70. The van der Waals surface area contributed by atoms with Crippen LogP contribution in [0.4, 0.5) is 5.82 Å². The van der Waals surface area contributed by atoms with Crippen molar-refractivity contribution in [3.8, 4) is 15.5 Å². The fourth-order valence-electron chi connectivity index (χ4n) is 1.19. The lowest BCUT2D eigenvalue weighted by molar-refractivity contribution is 0.427. The van der Waals surface area contributed by atoms with Crippen LogP contribution >= 0.6 is 11.3 Å². The molecule has 72 valence electrons. The van der Waals surface area contributed by atoms with E-state index in [1.54, 1.807) is 24.6 Å². The van der Waals surface area contributed by atoms with Gasteiger partial charge in [0.15, 0.2) is 5.06 Å². The van der Waals surface area contributed by atoms with Crippen LogP contribution in [0.5, 0.6) is 5.06 Å². The van der Waals surface area contributed by atoms with Crippen molar-refractivity contribution in [1.29, 1.82) is 0 Å². The van der Waals surface area contributed by atoms with Crippen LogP contribution in [0.25, 0.3) is 10.4 Å². The van der Waals surface area contributed by atoms with E-state index in [0.29, 0.717) is 5.82 Å². The standard InChI is InChI=1S/C10H10N2OS/c1-13-10-3-2-8(14-10)7-4-5-12-9(11)6-7/h2-6H,1H3,(H2,11,12). The molecule has 0 spiro atoms. The monoisotopic (exact) mass is 206 g/mol. The van der Waals surface area contributed by atoms with Crippen molar-refractivity contribution in [2.75, 3.05) is 12.8 Å². The van der Waals surface area contributed by atoms with E-state index in [-0.39, 0.29) is 0 Å². The molecule has 2 aromatic heterocycles. The molecule has 2 aromatic rings. The van der Waals surface area contributed by atoms with Crippen LogP contribution in [-0.4, -0.2) is 12.1 Å². The van der Waals surface area contributed by atoms with Gasteiger partial charge in [0.2, 0.25) is 0 Å². The zero-order valence-corrected chi connectivity index (χ0v) is 8.54. The van der Waals surface area contributed by atoms with Gasteiger partial charge in [-0.05, 0) is 29.8 Å².